The van der Waals surface area contributed by atoms with E-state index in [0.29, 0.717) is 11.4 Å². The van der Waals surface area contributed by atoms with E-state index in [1.54, 1.807) is 27.7 Å². The maximum Gasteiger partial charge on any atom is 0.348 e. The van der Waals surface area contributed by atoms with Crippen LogP contribution in [0.3, 0.4) is 0 Å². The predicted octanol–water partition coefficient (Wildman–Crippen LogP) is 0.560. The summed E-state index contributed by atoms with van der Waals surface area (Å²) in [6, 6.07) is -0.415. The van der Waals surface area contributed by atoms with Crippen LogP contribution in [0, 0.1) is 19.8 Å². The Morgan fingerprint density at radius 3 is 2.38 bits per heavy atom. The van der Waals surface area contributed by atoms with Gasteiger partial charge in [-0.1, -0.05) is 6.92 Å². The lowest BCUT2D eigenvalue weighted by Crippen LogP contribution is -2.32. The van der Waals surface area contributed by atoms with Gasteiger partial charge in [0.2, 0.25) is 5.91 Å². The summed E-state index contributed by atoms with van der Waals surface area (Å²) < 4.78 is 1.40. The monoisotopic (exact) mass is 295 g/mol. The third kappa shape index (κ3) is 3.90. The van der Waals surface area contributed by atoms with Crippen LogP contribution in [-0.2, 0) is 16.0 Å². The van der Waals surface area contributed by atoms with Gasteiger partial charge in [0.25, 0.3) is 0 Å². The summed E-state index contributed by atoms with van der Waals surface area (Å²) in [5.74, 6) is -1.99. The van der Waals surface area contributed by atoms with E-state index in [0.717, 1.165) is 5.56 Å². The molecule has 0 aliphatic heterocycles. The van der Waals surface area contributed by atoms with Crippen molar-refractivity contribution in [3.63, 3.8) is 0 Å². The van der Waals surface area contributed by atoms with Crippen LogP contribution < -0.4 is 11.4 Å². The topological polar surface area (TPSA) is 115 Å². The number of carbonyl (C=O) groups excluding carboxylic acids is 1. The molecule has 0 aliphatic rings. The summed E-state index contributed by atoms with van der Waals surface area (Å²) in [6.07, 6.45) is 0.309. The Balaban J connectivity index is 3.31. The van der Waals surface area contributed by atoms with Gasteiger partial charge in [0.05, 0.1) is 5.92 Å². The van der Waals surface area contributed by atoms with Crippen molar-refractivity contribution >= 4 is 11.9 Å². The molecule has 0 aliphatic carbocycles. The first kappa shape index (κ1) is 16.9. The van der Waals surface area contributed by atoms with Crippen LogP contribution in [-0.4, -0.2) is 26.5 Å². The Kier molecular flexibility index (Phi) is 5.23. The van der Waals surface area contributed by atoms with Crippen LogP contribution in [0.15, 0.2) is 4.79 Å². The number of primary amides is 1. The largest absolute Gasteiger partial charge is 0.481 e. The van der Waals surface area contributed by atoms with Crippen LogP contribution in [0.1, 0.15) is 43.3 Å². The van der Waals surface area contributed by atoms with E-state index >= 15 is 0 Å². The Hall–Kier alpha value is -2.18. The van der Waals surface area contributed by atoms with Gasteiger partial charge in [-0.3, -0.25) is 14.2 Å². The van der Waals surface area contributed by atoms with Crippen LogP contribution in [0.25, 0.3) is 0 Å². The van der Waals surface area contributed by atoms with Crippen molar-refractivity contribution < 1.29 is 14.7 Å². The first-order valence-corrected chi connectivity index (χ1v) is 6.74. The number of carboxylic acid groups (broad SMARTS) is 1. The molecule has 1 amide bonds. The van der Waals surface area contributed by atoms with E-state index in [1.807, 2.05) is 0 Å². The Bertz CT molecular complexity index is 621. The molecule has 7 heteroatoms. The molecule has 0 spiro atoms. The summed E-state index contributed by atoms with van der Waals surface area (Å²) in [5, 5.41) is 9.03. The van der Waals surface area contributed by atoms with Gasteiger partial charge in [0.15, 0.2) is 0 Å². The molecular weight excluding hydrogens is 274 g/mol. The van der Waals surface area contributed by atoms with Gasteiger partial charge in [0.1, 0.15) is 0 Å². The molecule has 21 heavy (non-hydrogen) atoms. The van der Waals surface area contributed by atoms with Crippen molar-refractivity contribution in [2.75, 3.05) is 0 Å². The predicted molar refractivity (Wildman–Crippen MR) is 77.0 cm³/mol. The third-order valence-corrected chi connectivity index (χ3v) is 3.57. The lowest BCUT2D eigenvalue weighted by atomic mass is 9.98. The number of aromatic nitrogens is 2. The minimum Gasteiger partial charge on any atom is -0.481 e. The van der Waals surface area contributed by atoms with Crippen molar-refractivity contribution in [3.05, 3.63) is 27.4 Å². The number of aliphatic carboxylic acids is 1. The highest BCUT2D eigenvalue weighted by Crippen LogP contribution is 2.19. The summed E-state index contributed by atoms with van der Waals surface area (Å²) in [5.41, 5.74) is 6.59. The van der Waals surface area contributed by atoms with Crippen molar-refractivity contribution in [3.8, 4) is 0 Å². The second kappa shape index (κ2) is 6.51. The minimum absolute atomic E-state index is 0.0272. The van der Waals surface area contributed by atoms with Gasteiger partial charge in [-0.25, -0.2) is 4.79 Å². The molecule has 0 radical (unpaired) electrons. The Labute approximate surface area is 122 Å². The lowest BCUT2D eigenvalue weighted by molar-refractivity contribution is -0.141. The molecule has 0 aromatic carbocycles. The average molecular weight is 295 g/mol. The molecule has 1 aromatic heterocycles. The summed E-state index contributed by atoms with van der Waals surface area (Å²) >= 11 is 0. The maximum atomic E-state index is 12.0. The zero-order valence-electron chi connectivity index (χ0n) is 12.7. The quantitative estimate of drug-likeness (QED) is 0.795. The summed E-state index contributed by atoms with van der Waals surface area (Å²) in [4.78, 5) is 38.0. The van der Waals surface area contributed by atoms with Crippen LogP contribution in [0.2, 0.25) is 0 Å². The molecule has 0 fully saturated rings. The number of rotatable bonds is 6. The second-order valence-corrected chi connectivity index (χ2v) is 5.38. The number of amides is 1. The highest BCUT2D eigenvalue weighted by Gasteiger charge is 2.20. The van der Waals surface area contributed by atoms with Gasteiger partial charge >= 0.3 is 11.7 Å². The SMILES string of the molecule is Cc1nc(=O)n(C(C)CC(N)=O)c(C)c1CC(C)C(=O)O. The molecule has 0 bridgehead atoms. The normalized spacial score (nSPS) is 13.7. The van der Waals surface area contributed by atoms with Crippen molar-refractivity contribution in [2.24, 2.45) is 11.7 Å². The molecule has 1 rings (SSSR count). The molecular formula is C14H21N3O4. The molecule has 2 atom stereocenters. The van der Waals surface area contributed by atoms with Crippen molar-refractivity contribution in [1.29, 1.82) is 0 Å². The highest BCUT2D eigenvalue weighted by molar-refractivity contribution is 5.74. The summed E-state index contributed by atoms with van der Waals surface area (Å²) in [6.45, 7) is 6.73. The Morgan fingerprint density at radius 1 is 1.33 bits per heavy atom. The number of carboxylic acids is 1. The molecule has 3 N–H and O–H groups in total. The number of carbonyl (C=O) groups is 2. The fourth-order valence-electron chi connectivity index (χ4n) is 2.41. The third-order valence-electron chi connectivity index (χ3n) is 3.57. The molecule has 1 aromatic rings. The molecule has 2 unspecified atom stereocenters. The van der Waals surface area contributed by atoms with Crippen molar-refractivity contribution in [2.45, 2.75) is 46.6 Å². The molecule has 7 nitrogen and oxygen atoms in total. The average Bonchev–Trinajstić information content (AvgIpc) is 2.32. The molecule has 0 saturated carbocycles. The number of nitrogens with two attached hydrogens (primary N) is 1. The van der Waals surface area contributed by atoms with Crippen LogP contribution >= 0.6 is 0 Å². The van der Waals surface area contributed by atoms with Crippen LogP contribution in [0.5, 0.6) is 0 Å². The fraction of sp³-hybridized carbons (Fsp3) is 0.571. The smallest absolute Gasteiger partial charge is 0.348 e. The van der Waals surface area contributed by atoms with E-state index in [-0.39, 0.29) is 12.8 Å². The van der Waals surface area contributed by atoms with Crippen LogP contribution in [0.4, 0.5) is 0 Å². The van der Waals surface area contributed by atoms with E-state index < -0.39 is 29.5 Å². The Morgan fingerprint density at radius 2 is 1.90 bits per heavy atom. The second-order valence-electron chi connectivity index (χ2n) is 5.38. The first-order valence-electron chi connectivity index (χ1n) is 6.74. The van der Waals surface area contributed by atoms with Gasteiger partial charge in [-0.15, -0.1) is 0 Å². The number of hydrogen-bond donors (Lipinski definition) is 2. The molecule has 116 valence electrons. The van der Waals surface area contributed by atoms with E-state index in [1.165, 1.54) is 4.57 Å². The number of nitrogens with zero attached hydrogens (tertiary/aromatic N) is 2. The van der Waals surface area contributed by atoms with Gasteiger partial charge in [-0.05, 0) is 32.8 Å². The molecule has 1 heterocycles. The zero-order valence-corrected chi connectivity index (χ0v) is 12.7. The standard InChI is InChI=1S/C14H21N3O4/c1-7(13(19)20)5-11-9(3)16-14(21)17(10(11)4)8(2)6-12(15)18/h7-8H,5-6H2,1-4H3,(H2,15,18)(H,19,20). The zero-order chi connectivity index (χ0) is 16.3. The lowest BCUT2D eigenvalue weighted by Gasteiger charge is -2.20. The van der Waals surface area contributed by atoms with E-state index in [2.05, 4.69) is 4.98 Å². The fourth-order valence-corrected chi connectivity index (χ4v) is 2.41. The number of aryl methyl sites for hydroxylation is 1. The molecule has 0 saturated heterocycles. The highest BCUT2D eigenvalue weighted by atomic mass is 16.4. The van der Waals surface area contributed by atoms with E-state index in [4.69, 9.17) is 10.8 Å². The maximum absolute atomic E-state index is 12.0. The van der Waals surface area contributed by atoms with Crippen molar-refractivity contribution in [1.82, 2.24) is 9.55 Å². The van der Waals surface area contributed by atoms with E-state index in [9.17, 15) is 14.4 Å². The minimum atomic E-state index is -0.906. The van der Waals surface area contributed by atoms with Gasteiger partial charge in [-0.2, -0.15) is 4.98 Å². The van der Waals surface area contributed by atoms with Gasteiger partial charge in [0, 0.05) is 23.9 Å². The van der Waals surface area contributed by atoms with Gasteiger partial charge < -0.3 is 10.8 Å². The first-order chi connectivity index (χ1) is 9.65. The number of hydrogen-bond acceptors (Lipinski definition) is 4. The summed E-state index contributed by atoms with van der Waals surface area (Å²) in [7, 11) is 0.